The molecule has 27 heavy (non-hydrogen) atoms. The fraction of sp³-hybridized carbons (Fsp3) is 0.190. The van der Waals surface area contributed by atoms with Crippen LogP contribution in [0.2, 0.25) is 0 Å². The van der Waals surface area contributed by atoms with Crippen LogP contribution in [0.3, 0.4) is 0 Å². The van der Waals surface area contributed by atoms with Gasteiger partial charge < -0.3 is 10.1 Å². The van der Waals surface area contributed by atoms with Gasteiger partial charge in [0.25, 0.3) is 5.91 Å². The summed E-state index contributed by atoms with van der Waals surface area (Å²) in [6.45, 7) is 5.32. The molecule has 2 aromatic carbocycles. The zero-order valence-electron chi connectivity index (χ0n) is 15.4. The Kier molecular flexibility index (Phi) is 5.66. The lowest BCUT2D eigenvalue weighted by atomic mass is 10.1. The molecule has 0 aliphatic heterocycles. The smallest absolute Gasteiger partial charge is 0.350 e. The Hall–Kier alpha value is -2.99. The van der Waals surface area contributed by atoms with Crippen molar-refractivity contribution in [3.63, 3.8) is 0 Å². The molecule has 3 aromatic rings. The number of carbonyl (C=O) groups is 2. The summed E-state index contributed by atoms with van der Waals surface area (Å²) in [7, 11) is 0. The number of nitrogens with zero attached hydrogens (tertiary/aromatic N) is 1. The molecule has 1 amide bonds. The maximum atomic E-state index is 12.3. The summed E-state index contributed by atoms with van der Waals surface area (Å²) in [4.78, 5) is 29.3. The zero-order chi connectivity index (χ0) is 19.4. The van der Waals surface area contributed by atoms with Crippen LogP contribution in [0.25, 0.3) is 10.6 Å². The number of hydrogen-bond donors (Lipinski definition) is 1. The molecule has 0 unspecified atom stereocenters. The summed E-state index contributed by atoms with van der Waals surface area (Å²) < 4.78 is 5.18. The summed E-state index contributed by atoms with van der Waals surface area (Å²) in [6.07, 6.45) is 0. The van der Waals surface area contributed by atoms with Crippen LogP contribution in [0.1, 0.15) is 26.5 Å². The van der Waals surface area contributed by atoms with Crippen LogP contribution >= 0.6 is 11.3 Å². The van der Waals surface area contributed by atoms with Gasteiger partial charge in [0, 0.05) is 11.3 Å². The van der Waals surface area contributed by atoms with Gasteiger partial charge in [0.1, 0.15) is 9.88 Å². The molecular weight excluding hydrogens is 360 g/mol. The van der Waals surface area contributed by atoms with E-state index in [9.17, 15) is 9.59 Å². The van der Waals surface area contributed by atoms with Crippen molar-refractivity contribution >= 4 is 28.9 Å². The maximum Gasteiger partial charge on any atom is 0.350 e. The number of nitrogens with one attached hydrogen (secondary N) is 1. The van der Waals surface area contributed by atoms with Gasteiger partial charge in [0.05, 0.1) is 5.69 Å². The number of benzene rings is 2. The summed E-state index contributed by atoms with van der Waals surface area (Å²) in [5, 5.41) is 3.51. The molecule has 0 fully saturated rings. The Morgan fingerprint density at radius 1 is 1.07 bits per heavy atom. The fourth-order valence-corrected chi connectivity index (χ4v) is 3.59. The van der Waals surface area contributed by atoms with Crippen molar-refractivity contribution in [2.45, 2.75) is 20.8 Å². The summed E-state index contributed by atoms with van der Waals surface area (Å²) >= 11 is 1.26. The molecule has 0 atom stereocenters. The third-order valence-electron chi connectivity index (χ3n) is 3.99. The van der Waals surface area contributed by atoms with Crippen LogP contribution in [-0.2, 0) is 9.53 Å². The van der Waals surface area contributed by atoms with E-state index < -0.39 is 5.97 Å². The Bertz CT molecular complexity index is 980. The lowest BCUT2D eigenvalue weighted by Gasteiger charge is -2.09. The van der Waals surface area contributed by atoms with Gasteiger partial charge in [-0.25, -0.2) is 9.78 Å². The molecule has 138 valence electrons. The van der Waals surface area contributed by atoms with E-state index in [1.165, 1.54) is 11.3 Å². The first-order valence-electron chi connectivity index (χ1n) is 8.51. The lowest BCUT2D eigenvalue weighted by Crippen LogP contribution is -2.21. The Labute approximate surface area is 162 Å². The summed E-state index contributed by atoms with van der Waals surface area (Å²) in [6, 6.07) is 15.4. The van der Waals surface area contributed by atoms with Gasteiger partial charge in [-0.2, -0.15) is 0 Å². The van der Waals surface area contributed by atoms with Crippen molar-refractivity contribution in [1.29, 1.82) is 0 Å². The van der Waals surface area contributed by atoms with Crippen molar-refractivity contribution in [2.75, 3.05) is 11.9 Å². The van der Waals surface area contributed by atoms with E-state index in [-0.39, 0.29) is 12.5 Å². The van der Waals surface area contributed by atoms with Gasteiger partial charge in [0.15, 0.2) is 6.61 Å². The lowest BCUT2D eigenvalue weighted by molar-refractivity contribution is -0.119. The van der Waals surface area contributed by atoms with E-state index in [2.05, 4.69) is 10.3 Å². The van der Waals surface area contributed by atoms with Crippen molar-refractivity contribution in [1.82, 2.24) is 4.98 Å². The zero-order valence-corrected chi connectivity index (χ0v) is 16.2. The monoisotopic (exact) mass is 380 g/mol. The Balaban J connectivity index is 1.62. The highest BCUT2D eigenvalue weighted by molar-refractivity contribution is 7.17. The predicted molar refractivity (Wildman–Crippen MR) is 107 cm³/mol. The van der Waals surface area contributed by atoms with E-state index >= 15 is 0 Å². The molecule has 6 heteroatoms. The van der Waals surface area contributed by atoms with Crippen LogP contribution in [0.15, 0.2) is 48.5 Å². The SMILES string of the molecule is Cc1ccc(NC(=O)COC(=O)c2sc(-c3ccccc3)nc2C)c(C)c1. The third-order valence-corrected chi connectivity index (χ3v) is 5.18. The molecule has 3 rings (SSSR count). The number of ether oxygens (including phenoxy) is 1. The Morgan fingerprint density at radius 3 is 2.52 bits per heavy atom. The number of aryl methyl sites for hydroxylation is 3. The van der Waals surface area contributed by atoms with Crippen molar-refractivity contribution < 1.29 is 14.3 Å². The Morgan fingerprint density at radius 2 is 1.81 bits per heavy atom. The second-order valence-corrected chi connectivity index (χ2v) is 7.24. The topological polar surface area (TPSA) is 68.3 Å². The van der Waals surface area contributed by atoms with Crippen molar-refractivity contribution in [3.8, 4) is 10.6 Å². The number of thiazole rings is 1. The molecule has 1 N–H and O–H groups in total. The molecule has 0 aliphatic rings. The van der Waals surface area contributed by atoms with Gasteiger partial charge in [-0.05, 0) is 32.4 Å². The number of aromatic nitrogens is 1. The molecular formula is C21H20N2O3S. The van der Waals surface area contributed by atoms with Gasteiger partial charge in [0.2, 0.25) is 0 Å². The van der Waals surface area contributed by atoms with Gasteiger partial charge >= 0.3 is 5.97 Å². The highest BCUT2D eigenvalue weighted by Crippen LogP contribution is 2.28. The van der Waals surface area contributed by atoms with E-state index in [0.29, 0.717) is 16.3 Å². The summed E-state index contributed by atoms with van der Waals surface area (Å²) in [5.74, 6) is -0.913. The van der Waals surface area contributed by atoms with Gasteiger partial charge in [-0.1, -0.05) is 48.0 Å². The first-order chi connectivity index (χ1) is 12.9. The molecule has 1 heterocycles. The average molecular weight is 380 g/mol. The van der Waals surface area contributed by atoms with Gasteiger partial charge in [-0.15, -0.1) is 11.3 Å². The minimum absolute atomic E-state index is 0.343. The van der Waals surface area contributed by atoms with Crippen LogP contribution in [0.5, 0.6) is 0 Å². The number of hydrogen-bond acceptors (Lipinski definition) is 5. The number of rotatable bonds is 5. The quantitative estimate of drug-likeness (QED) is 0.660. The second-order valence-electron chi connectivity index (χ2n) is 6.24. The van der Waals surface area contributed by atoms with E-state index in [1.54, 1.807) is 6.92 Å². The molecule has 0 saturated heterocycles. The normalized spacial score (nSPS) is 10.5. The predicted octanol–water partition coefficient (Wildman–Crippen LogP) is 4.53. The standard InChI is InChI=1S/C21H20N2O3S/c1-13-9-10-17(14(2)11-13)23-18(24)12-26-21(25)19-15(3)22-20(27-19)16-7-5-4-6-8-16/h4-11H,12H2,1-3H3,(H,23,24). The minimum atomic E-state index is -0.539. The fourth-order valence-electron chi connectivity index (χ4n) is 2.63. The average Bonchev–Trinajstić information content (AvgIpc) is 3.05. The van der Waals surface area contributed by atoms with E-state index in [1.807, 2.05) is 62.4 Å². The van der Waals surface area contributed by atoms with Crippen LogP contribution in [-0.4, -0.2) is 23.5 Å². The highest BCUT2D eigenvalue weighted by Gasteiger charge is 2.18. The molecule has 0 bridgehead atoms. The molecule has 0 aliphatic carbocycles. The second kappa shape index (κ2) is 8.14. The van der Waals surface area contributed by atoms with Crippen molar-refractivity contribution in [2.24, 2.45) is 0 Å². The largest absolute Gasteiger partial charge is 0.451 e. The molecule has 0 spiro atoms. The van der Waals surface area contributed by atoms with Crippen LogP contribution in [0, 0.1) is 20.8 Å². The van der Waals surface area contributed by atoms with Crippen LogP contribution < -0.4 is 5.32 Å². The summed E-state index contributed by atoms with van der Waals surface area (Å²) in [5.41, 5.74) is 4.32. The molecule has 0 radical (unpaired) electrons. The number of amides is 1. The van der Waals surface area contributed by atoms with E-state index in [0.717, 1.165) is 21.7 Å². The minimum Gasteiger partial charge on any atom is -0.451 e. The number of carbonyl (C=O) groups excluding carboxylic acids is 2. The van der Waals surface area contributed by atoms with Crippen molar-refractivity contribution in [3.05, 3.63) is 70.2 Å². The first-order valence-corrected chi connectivity index (χ1v) is 9.33. The van der Waals surface area contributed by atoms with Crippen LogP contribution in [0.4, 0.5) is 5.69 Å². The number of esters is 1. The van der Waals surface area contributed by atoms with Gasteiger partial charge in [-0.3, -0.25) is 4.79 Å². The molecule has 5 nitrogen and oxygen atoms in total. The first kappa shape index (κ1) is 18.8. The molecule has 1 aromatic heterocycles. The number of anilines is 1. The third kappa shape index (κ3) is 4.60. The maximum absolute atomic E-state index is 12.3. The highest BCUT2D eigenvalue weighted by atomic mass is 32.1. The molecule has 0 saturated carbocycles. The van der Waals surface area contributed by atoms with E-state index in [4.69, 9.17) is 4.74 Å².